The molecule has 0 saturated heterocycles. The Labute approximate surface area is 311 Å². The van der Waals surface area contributed by atoms with E-state index in [2.05, 4.69) is 198 Å². The van der Waals surface area contributed by atoms with Gasteiger partial charge in [-0.05, 0) is 96.4 Å². The van der Waals surface area contributed by atoms with Crippen LogP contribution in [0, 0.1) is 0 Å². The number of hydrogen-bond donors (Lipinski definition) is 0. The Morgan fingerprint density at radius 1 is 0.404 bits per heavy atom. The van der Waals surface area contributed by atoms with Crippen molar-refractivity contribution < 1.29 is 0 Å². The van der Waals surface area contributed by atoms with Gasteiger partial charge >= 0.3 is 0 Å². The van der Waals surface area contributed by atoms with Crippen LogP contribution in [-0.2, 0) is 0 Å². The van der Waals surface area contributed by atoms with Gasteiger partial charge in [-0.3, -0.25) is 0 Å². The lowest BCUT2D eigenvalue weighted by molar-refractivity contribution is 0.785. The van der Waals surface area contributed by atoms with E-state index in [4.69, 9.17) is 0 Å². The zero-order chi connectivity index (χ0) is 34.4. The highest BCUT2D eigenvalue weighted by molar-refractivity contribution is 7.26. The number of fused-ring (bicyclic) bond motifs is 6. The van der Waals surface area contributed by atoms with Crippen molar-refractivity contribution in [2.75, 3.05) is 9.80 Å². The molecule has 0 N–H and O–H groups in total. The Hall–Kier alpha value is -5.94. The van der Waals surface area contributed by atoms with Crippen LogP contribution >= 0.6 is 22.7 Å². The summed E-state index contributed by atoms with van der Waals surface area (Å²) in [5.74, 6) is 0. The molecule has 10 rings (SSSR count). The summed E-state index contributed by atoms with van der Waals surface area (Å²) < 4.78 is 5.21. The van der Waals surface area contributed by atoms with E-state index in [-0.39, 0.29) is 6.04 Å². The van der Waals surface area contributed by atoms with Crippen molar-refractivity contribution in [3.8, 4) is 11.1 Å². The second-order valence-corrected chi connectivity index (χ2v) is 15.5. The molecule has 1 aliphatic rings. The monoisotopic (exact) mass is 702 g/mol. The number of rotatable bonds is 7. The van der Waals surface area contributed by atoms with Gasteiger partial charge in [0.15, 0.2) is 0 Å². The molecular weight excluding hydrogens is 669 g/mol. The summed E-state index contributed by atoms with van der Waals surface area (Å²) in [5, 5.41) is 5.19. The van der Waals surface area contributed by atoms with Gasteiger partial charge in [-0.1, -0.05) is 109 Å². The molecule has 0 radical (unpaired) electrons. The second kappa shape index (κ2) is 13.0. The summed E-state index contributed by atoms with van der Waals surface area (Å²) in [5.41, 5.74) is 8.29. The van der Waals surface area contributed by atoms with E-state index in [0.29, 0.717) is 0 Å². The van der Waals surface area contributed by atoms with E-state index in [1.54, 1.807) is 0 Å². The highest BCUT2D eigenvalue weighted by Crippen LogP contribution is 2.44. The first-order chi connectivity index (χ1) is 25.8. The third-order valence-electron chi connectivity index (χ3n) is 10.1. The number of allylic oxidation sites excluding steroid dienone is 2. The number of benzene rings is 7. The number of hydrogen-bond acceptors (Lipinski definition) is 4. The SMILES string of the molecule is C1=CCC(N(c2ccccc2)c2ccc3sc4cc(N(c5ccc(-c6ccccc6)cc5)c5ccc6sc7ccccc7c6c5)ccc4c3c2)C=C1. The minimum Gasteiger partial charge on any atom is -0.334 e. The highest BCUT2D eigenvalue weighted by atomic mass is 32.1. The predicted octanol–water partition coefficient (Wildman–Crippen LogP) is 14.6. The fraction of sp³-hybridized carbons (Fsp3) is 0.0417. The van der Waals surface area contributed by atoms with Gasteiger partial charge < -0.3 is 9.80 Å². The predicted molar refractivity (Wildman–Crippen MR) is 228 cm³/mol. The average molecular weight is 703 g/mol. The maximum absolute atomic E-state index is 2.47. The van der Waals surface area contributed by atoms with Crippen LogP contribution in [0.5, 0.6) is 0 Å². The van der Waals surface area contributed by atoms with Gasteiger partial charge in [0.05, 0.1) is 6.04 Å². The highest BCUT2D eigenvalue weighted by Gasteiger charge is 2.21. The van der Waals surface area contributed by atoms with Crippen molar-refractivity contribution in [1.29, 1.82) is 0 Å². The van der Waals surface area contributed by atoms with Crippen LogP contribution in [0.3, 0.4) is 0 Å². The van der Waals surface area contributed by atoms with Crippen LogP contribution in [0.4, 0.5) is 28.4 Å². The van der Waals surface area contributed by atoms with Crippen LogP contribution in [0.15, 0.2) is 188 Å². The Morgan fingerprint density at radius 2 is 0.981 bits per heavy atom. The van der Waals surface area contributed by atoms with Crippen molar-refractivity contribution in [3.05, 3.63) is 188 Å². The molecule has 2 aromatic heterocycles. The first-order valence-electron chi connectivity index (χ1n) is 17.8. The maximum Gasteiger partial charge on any atom is 0.0559 e. The van der Waals surface area contributed by atoms with Crippen molar-refractivity contribution in [2.24, 2.45) is 0 Å². The number of nitrogens with zero attached hydrogens (tertiary/aromatic N) is 2. The summed E-state index contributed by atoms with van der Waals surface area (Å²) in [6.07, 6.45) is 9.87. The van der Waals surface area contributed by atoms with Gasteiger partial charge in [-0.2, -0.15) is 0 Å². The molecular formula is C48H34N2S2. The molecule has 0 fully saturated rings. The second-order valence-electron chi connectivity index (χ2n) is 13.3. The summed E-state index contributed by atoms with van der Waals surface area (Å²) in [6, 6.07) is 60.3. The first-order valence-corrected chi connectivity index (χ1v) is 19.4. The fourth-order valence-electron chi connectivity index (χ4n) is 7.66. The van der Waals surface area contributed by atoms with E-state index >= 15 is 0 Å². The van der Waals surface area contributed by atoms with Gasteiger partial charge in [-0.25, -0.2) is 0 Å². The Balaban J connectivity index is 1.10. The molecule has 1 unspecified atom stereocenters. The molecule has 0 spiro atoms. The largest absolute Gasteiger partial charge is 0.334 e. The summed E-state index contributed by atoms with van der Waals surface area (Å²) in [6.45, 7) is 0. The third kappa shape index (κ3) is 5.48. The Morgan fingerprint density at radius 3 is 1.75 bits per heavy atom. The van der Waals surface area contributed by atoms with Crippen LogP contribution in [0.25, 0.3) is 51.5 Å². The van der Waals surface area contributed by atoms with E-state index < -0.39 is 0 Å². The molecule has 0 aliphatic heterocycles. The van der Waals surface area contributed by atoms with E-state index in [0.717, 1.165) is 23.5 Å². The molecule has 4 heteroatoms. The Bertz CT molecular complexity index is 2770. The average Bonchev–Trinajstić information content (AvgIpc) is 3.77. The number of para-hydroxylation sites is 1. The lowest BCUT2D eigenvalue weighted by Gasteiger charge is -2.32. The molecule has 248 valence electrons. The molecule has 9 aromatic rings. The van der Waals surface area contributed by atoms with Crippen molar-refractivity contribution >= 4 is 91.5 Å². The molecule has 52 heavy (non-hydrogen) atoms. The zero-order valence-electron chi connectivity index (χ0n) is 28.4. The molecule has 0 amide bonds. The van der Waals surface area contributed by atoms with E-state index in [1.165, 1.54) is 62.8 Å². The summed E-state index contributed by atoms with van der Waals surface area (Å²) in [4.78, 5) is 4.89. The van der Waals surface area contributed by atoms with Gasteiger partial charge in [0.1, 0.15) is 0 Å². The van der Waals surface area contributed by atoms with Crippen LogP contribution < -0.4 is 9.80 Å². The molecule has 0 saturated carbocycles. The molecule has 1 atom stereocenters. The number of thiophene rings is 2. The van der Waals surface area contributed by atoms with E-state index in [1.807, 2.05) is 22.7 Å². The van der Waals surface area contributed by atoms with E-state index in [9.17, 15) is 0 Å². The van der Waals surface area contributed by atoms with Gasteiger partial charge in [0, 0.05) is 68.8 Å². The van der Waals surface area contributed by atoms with Crippen LogP contribution in [-0.4, -0.2) is 6.04 Å². The zero-order valence-corrected chi connectivity index (χ0v) is 30.0. The first kappa shape index (κ1) is 30.8. The maximum atomic E-state index is 2.47. The molecule has 2 heterocycles. The minimum absolute atomic E-state index is 0.265. The van der Waals surface area contributed by atoms with Gasteiger partial charge in [0.2, 0.25) is 0 Å². The summed E-state index contributed by atoms with van der Waals surface area (Å²) >= 11 is 3.73. The fourth-order valence-corrected chi connectivity index (χ4v) is 9.86. The van der Waals surface area contributed by atoms with Crippen molar-refractivity contribution in [2.45, 2.75) is 12.5 Å². The van der Waals surface area contributed by atoms with Crippen molar-refractivity contribution in [1.82, 2.24) is 0 Å². The lowest BCUT2D eigenvalue weighted by atomic mass is 10.0. The lowest BCUT2D eigenvalue weighted by Crippen LogP contribution is -2.29. The Kier molecular flexibility index (Phi) is 7.71. The normalized spacial score (nSPS) is 14.1. The molecule has 0 bridgehead atoms. The molecule has 1 aliphatic carbocycles. The van der Waals surface area contributed by atoms with Gasteiger partial charge in [0.25, 0.3) is 0 Å². The number of anilines is 5. The standard InChI is InChI=1S/C48H34N2S2/c1-4-12-33(13-5-1)34-20-22-37(23-21-34)50(39-26-28-46-43(31-39)41-18-10-11-19-45(41)51-46)40-24-27-42-44-30-38(25-29-47(44)52-48(42)32-40)49(35-14-6-2-7-15-35)36-16-8-3-9-17-36/h1-16,18-32,36H,17H2. The van der Waals surface area contributed by atoms with Crippen molar-refractivity contribution in [3.63, 3.8) is 0 Å². The topological polar surface area (TPSA) is 6.48 Å². The smallest absolute Gasteiger partial charge is 0.0559 e. The quantitative estimate of drug-likeness (QED) is 0.163. The molecule has 2 nitrogen and oxygen atoms in total. The molecule has 7 aromatic carbocycles. The van der Waals surface area contributed by atoms with Crippen LogP contribution in [0.2, 0.25) is 0 Å². The summed E-state index contributed by atoms with van der Waals surface area (Å²) in [7, 11) is 0. The third-order valence-corrected chi connectivity index (χ3v) is 12.4. The minimum atomic E-state index is 0.265. The van der Waals surface area contributed by atoms with Crippen LogP contribution in [0.1, 0.15) is 6.42 Å². The van der Waals surface area contributed by atoms with Gasteiger partial charge in [-0.15, -0.1) is 22.7 Å².